The molecule has 1 amide bonds. The molecule has 1 N–H and O–H groups in total. The zero-order valence-corrected chi connectivity index (χ0v) is 18.0. The van der Waals surface area contributed by atoms with Crippen molar-refractivity contribution in [3.63, 3.8) is 0 Å². The van der Waals surface area contributed by atoms with E-state index in [0.29, 0.717) is 33.9 Å². The Hall–Kier alpha value is -3.49. The Morgan fingerprint density at radius 2 is 1.53 bits per heavy atom. The molecule has 1 aromatic carbocycles. The maximum absolute atomic E-state index is 13.3. The highest BCUT2D eigenvalue weighted by molar-refractivity contribution is 6.01. The van der Waals surface area contributed by atoms with Crippen LogP contribution in [0.2, 0.25) is 0 Å². The van der Waals surface area contributed by atoms with Gasteiger partial charge in [0.25, 0.3) is 5.91 Å². The maximum Gasteiger partial charge on any atom is 0.339 e. The van der Waals surface area contributed by atoms with Crippen LogP contribution in [0.25, 0.3) is 0 Å². The number of nitrogens with one attached hydrogen (secondary N) is 1. The lowest BCUT2D eigenvalue weighted by molar-refractivity contribution is -0.141. The fourth-order valence-electron chi connectivity index (χ4n) is 3.13. The number of aryl methyl sites for hydroxylation is 1. The fourth-order valence-corrected chi connectivity index (χ4v) is 3.13. The summed E-state index contributed by atoms with van der Waals surface area (Å²) in [6.07, 6.45) is 0. The number of carbonyl (C=O) groups excluding carboxylic acids is 3. The molecule has 0 bridgehead atoms. The smallest absolute Gasteiger partial charge is 0.339 e. The second-order valence-corrected chi connectivity index (χ2v) is 6.57. The molecule has 0 unspecified atom stereocenters. The largest absolute Gasteiger partial charge is 0.497 e. The first kappa shape index (κ1) is 22.8. The molecule has 30 heavy (non-hydrogen) atoms. The molecule has 162 valence electrons. The minimum Gasteiger partial charge on any atom is -0.497 e. The van der Waals surface area contributed by atoms with Crippen LogP contribution < -0.4 is 9.47 Å². The molecule has 0 aliphatic rings. The van der Waals surface area contributed by atoms with Crippen molar-refractivity contribution < 1.29 is 33.3 Å². The molecule has 9 nitrogen and oxygen atoms in total. The number of aromatic nitrogens is 1. The van der Waals surface area contributed by atoms with Crippen LogP contribution in [0.5, 0.6) is 11.5 Å². The molecule has 2 aromatic rings. The van der Waals surface area contributed by atoms with Crippen molar-refractivity contribution in [2.75, 3.05) is 35.0 Å². The number of aromatic amines is 1. The average Bonchev–Trinajstić information content (AvgIpc) is 3.05. The van der Waals surface area contributed by atoms with Gasteiger partial charge in [0.1, 0.15) is 23.7 Å². The Morgan fingerprint density at radius 3 is 2.03 bits per heavy atom. The summed E-state index contributed by atoms with van der Waals surface area (Å²) in [4.78, 5) is 41.5. The molecule has 1 heterocycles. The first-order valence-electron chi connectivity index (χ1n) is 9.11. The normalized spacial score (nSPS) is 10.3. The van der Waals surface area contributed by atoms with Crippen molar-refractivity contribution in [3.05, 3.63) is 46.3 Å². The van der Waals surface area contributed by atoms with Crippen LogP contribution >= 0.6 is 0 Å². The first-order valence-corrected chi connectivity index (χ1v) is 9.11. The molecule has 0 saturated heterocycles. The minimum atomic E-state index is -0.577. The lowest BCUT2D eigenvalue weighted by Gasteiger charge is -2.22. The number of methoxy groups -OCH3 is 4. The van der Waals surface area contributed by atoms with E-state index in [0.717, 1.165) is 0 Å². The summed E-state index contributed by atoms with van der Waals surface area (Å²) in [6.45, 7) is 3.13. The van der Waals surface area contributed by atoms with E-state index < -0.39 is 17.8 Å². The zero-order chi connectivity index (χ0) is 22.4. The minimum absolute atomic E-state index is 0.0898. The summed E-state index contributed by atoms with van der Waals surface area (Å²) < 4.78 is 20.1. The van der Waals surface area contributed by atoms with E-state index in [1.54, 1.807) is 32.0 Å². The van der Waals surface area contributed by atoms with Crippen molar-refractivity contribution in [2.24, 2.45) is 0 Å². The van der Waals surface area contributed by atoms with Gasteiger partial charge in [-0.3, -0.25) is 9.59 Å². The standard InChI is InChI=1S/C21H26N2O7/c1-12-18(21(26)30-6)13(2)22-19(12)20(25)23(11-17(24)29-5)10-14-7-15(27-3)9-16(8-14)28-4/h7-9,22H,10-11H2,1-6H3. The van der Waals surface area contributed by atoms with E-state index in [2.05, 4.69) is 4.98 Å². The topological polar surface area (TPSA) is 107 Å². The average molecular weight is 418 g/mol. The number of nitrogens with zero attached hydrogens (tertiary/aromatic N) is 1. The van der Waals surface area contributed by atoms with Gasteiger partial charge in [-0.05, 0) is 37.1 Å². The monoisotopic (exact) mass is 418 g/mol. The van der Waals surface area contributed by atoms with Gasteiger partial charge in [0, 0.05) is 18.3 Å². The number of benzene rings is 1. The van der Waals surface area contributed by atoms with Gasteiger partial charge >= 0.3 is 11.9 Å². The Bertz CT molecular complexity index is 927. The lowest BCUT2D eigenvalue weighted by Crippen LogP contribution is -2.36. The van der Waals surface area contributed by atoms with Crippen LogP contribution in [-0.2, 0) is 20.8 Å². The van der Waals surface area contributed by atoms with Gasteiger partial charge in [-0.2, -0.15) is 0 Å². The van der Waals surface area contributed by atoms with Gasteiger partial charge in [-0.15, -0.1) is 0 Å². The summed E-state index contributed by atoms with van der Waals surface area (Å²) >= 11 is 0. The second kappa shape index (κ2) is 9.82. The highest BCUT2D eigenvalue weighted by Gasteiger charge is 2.27. The van der Waals surface area contributed by atoms with Gasteiger partial charge in [-0.1, -0.05) is 0 Å². The van der Waals surface area contributed by atoms with Crippen molar-refractivity contribution in [2.45, 2.75) is 20.4 Å². The first-order chi connectivity index (χ1) is 14.2. The Labute approximate surface area is 174 Å². The van der Waals surface area contributed by atoms with Crippen LogP contribution in [-0.4, -0.2) is 62.7 Å². The van der Waals surface area contributed by atoms with Crippen LogP contribution in [0.3, 0.4) is 0 Å². The molecule has 1 aromatic heterocycles. The summed E-state index contributed by atoms with van der Waals surface area (Å²) in [5.74, 6) is -0.480. The molecule has 2 rings (SSSR count). The predicted octanol–water partition coefficient (Wildman–Crippen LogP) is 2.25. The Morgan fingerprint density at radius 1 is 0.933 bits per heavy atom. The molecule has 0 atom stereocenters. The van der Waals surface area contributed by atoms with E-state index in [1.807, 2.05) is 0 Å². The van der Waals surface area contributed by atoms with Gasteiger partial charge < -0.3 is 28.8 Å². The molecule has 0 radical (unpaired) electrons. The van der Waals surface area contributed by atoms with E-state index in [-0.39, 0.29) is 18.8 Å². The molecule has 0 fully saturated rings. The van der Waals surface area contributed by atoms with E-state index in [4.69, 9.17) is 18.9 Å². The third-order valence-corrected chi connectivity index (χ3v) is 4.66. The van der Waals surface area contributed by atoms with Crippen LogP contribution in [0.4, 0.5) is 0 Å². The molecular weight excluding hydrogens is 392 g/mol. The number of carbonyl (C=O) groups is 3. The van der Waals surface area contributed by atoms with Crippen molar-refractivity contribution in [1.82, 2.24) is 9.88 Å². The van der Waals surface area contributed by atoms with Gasteiger partial charge in [0.05, 0.1) is 34.0 Å². The number of hydrogen-bond acceptors (Lipinski definition) is 7. The highest BCUT2D eigenvalue weighted by atomic mass is 16.5. The highest BCUT2D eigenvalue weighted by Crippen LogP contribution is 2.25. The van der Waals surface area contributed by atoms with Crippen LogP contribution in [0, 0.1) is 13.8 Å². The summed E-state index contributed by atoms with van der Waals surface area (Å²) in [7, 11) is 5.57. The summed E-state index contributed by atoms with van der Waals surface area (Å²) in [5, 5.41) is 0. The predicted molar refractivity (Wildman–Crippen MR) is 108 cm³/mol. The summed E-state index contributed by atoms with van der Waals surface area (Å²) in [5.41, 5.74) is 2.14. The quantitative estimate of drug-likeness (QED) is 0.655. The third-order valence-electron chi connectivity index (χ3n) is 4.66. The number of ether oxygens (including phenoxy) is 4. The number of esters is 2. The summed E-state index contributed by atoms with van der Waals surface area (Å²) in [6, 6.07) is 5.19. The number of hydrogen-bond donors (Lipinski definition) is 1. The molecule has 0 saturated carbocycles. The number of H-pyrrole nitrogens is 1. The molecule has 0 aliphatic carbocycles. The zero-order valence-electron chi connectivity index (χ0n) is 18.0. The van der Waals surface area contributed by atoms with E-state index in [9.17, 15) is 14.4 Å². The maximum atomic E-state index is 13.3. The SMILES string of the molecule is COC(=O)CN(Cc1cc(OC)cc(OC)c1)C(=O)c1[nH]c(C)c(C(=O)OC)c1C. The Balaban J connectivity index is 2.44. The van der Waals surface area contributed by atoms with Gasteiger partial charge in [0.15, 0.2) is 0 Å². The van der Waals surface area contributed by atoms with E-state index >= 15 is 0 Å². The third kappa shape index (κ3) is 4.91. The van der Waals surface area contributed by atoms with Crippen LogP contribution in [0.1, 0.15) is 37.7 Å². The van der Waals surface area contributed by atoms with Crippen molar-refractivity contribution in [1.29, 1.82) is 0 Å². The molecular formula is C21H26N2O7. The number of amides is 1. The lowest BCUT2D eigenvalue weighted by atomic mass is 10.1. The van der Waals surface area contributed by atoms with Crippen molar-refractivity contribution >= 4 is 17.8 Å². The van der Waals surface area contributed by atoms with Crippen LogP contribution in [0.15, 0.2) is 18.2 Å². The molecule has 9 heteroatoms. The van der Waals surface area contributed by atoms with E-state index in [1.165, 1.54) is 33.3 Å². The molecule has 0 aliphatic heterocycles. The second-order valence-electron chi connectivity index (χ2n) is 6.57. The molecule has 0 spiro atoms. The fraction of sp³-hybridized carbons (Fsp3) is 0.381. The number of rotatable bonds is 8. The van der Waals surface area contributed by atoms with Gasteiger partial charge in [-0.25, -0.2) is 4.79 Å². The van der Waals surface area contributed by atoms with Gasteiger partial charge in [0.2, 0.25) is 0 Å². The van der Waals surface area contributed by atoms with Crippen molar-refractivity contribution in [3.8, 4) is 11.5 Å². The Kier molecular flexibility index (Phi) is 7.46.